The average molecular weight is 261 g/mol. The Hall–Kier alpha value is -1.96. The summed E-state index contributed by atoms with van der Waals surface area (Å²) in [6.45, 7) is -0.107. The van der Waals surface area contributed by atoms with Gasteiger partial charge in [0.2, 0.25) is 11.7 Å². The molecule has 2 aromatic rings. The van der Waals surface area contributed by atoms with Crippen LogP contribution in [-0.4, -0.2) is 10.1 Å². The van der Waals surface area contributed by atoms with Crippen molar-refractivity contribution in [3.63, 3.8) is 0 Å². The lowest BCUT2D eigenvalue weighted by Crippen LogP contribution is -2.10. The van der Waals surface area contributed by atoms with Crippen LogP contribution in [0, 0.1) is 5.82 Å². The molecular formula is C10H7F4N3O. The number of rotatable bonds is 2. The highest BCUT2D eigenvalue weighted by Crippen LogP contribution is 2.37. The van der Waals surface area contributed by atoms with Gasteiger partial charge in [-0.25, -0.2) is 4.39 Å². The average Bonchev–Trinajstić information content (AvgIpc) is 2.75. The minimum absolute atomic E-state index is 0.0256. The van der Waals surface area contributed by atoms with Crippen LogP contribution in [-0.2, 0) is 12.7 Å². The summed E-state index contributed by atoms with van der Waals surface area (Å²) in [6, 6.07) is 2.92. The topological polar surface area (TPSA) is 64.9 Å². The molecule has 0 aliphatic heterocycles. The zero-order valence-corrected chi connectivity index (χ0v) is 8.83. The van der Waals surface area contributed by atoms with Gasteiger partial charge >= 0.3 is 6.18 Å². The van der Waals surface area contributed by atoms with E-state index in [0.29, 0.717) is 0 Å². The van der Waals surface area contributed by atoms with Crippen LogP contribution in [0.3, 0.4) is 0 Å². The van der Waals surface area contributed by atoms with E-state index in [2.05, 4.69) is 14.7 Å². The van der Waals surface area contributed by atoms with Gasteiger partial charge in [0.25, 0.3) is 0 Å². The van der Waals surface area contributed by atoms with Crippen molar-refractivity contribution in [2.75, 3.05) is 0 Å². The lowest BCUT2D eigenvalue weighted by molar-refractivity contribution is -0.139. The molecule has 96 valence electrons. The number of benzene rings is 1. The van der Waals surface area contributed by atoms with E-state index < -0.39 is 23.1 Å². The second-order valence-corrected chi connectivity index (χ2v) is 3.38. The molecule has 0 bridgehead atoms. The van der Waals surface area contributed by atoms with E-state index in [1.54, 1.807) is 0 Å². The Kier molecular flexibility index (Phi) is 3.04. The molecule has 0 fully saturated rings. The monoisotopic (exact) mass is 261 g/mol. The van der Waals surface area contributed by atoms with Crippen molar-refractivity contribution in [1.82, 2.24) is 10.1 Å². The number of hydrogen-bond donors (Lipinski definition) is 1. The van der Waals surface area contributed by atoms with Gasteiger partial charge < -0.3 is 10.3 Å². The molecule has 2 rings (SSSR count). The van der Waals surface area contributed by atoms with Gasteiger partial charge in [-0.3, -0.25) is 0 Å². The summed E-state index contributed by atoms with van der Waals surface area (Å²) in [4.78, 5) is 3.64. The fourth-order valence-corrected chi connectivity index (χ4v) is 1.45. The second kappa shape index (κ2) is 4.37. The Morgan fingerprint density at radius 2 is 2.00 bits per heavy atom. The predicted molar refractivity (Wildman–Crippen MR) is 52.6 cm³/mol. The number of hydrogen-bond acceptors (Lipinski definition) is 4. The molecule has 2 N–H and O–H groups in total. The molecule has 0 unspecified atom stereocenters. The van der Waals surface area contributed by atoms with Crippen molar-refractivity contribution in [3.05, 3.63) is 35.5 Å². The van der Waals surface area contributed by atoms with Crippen molar-refractivity contribution in [2.24, 2.45) is 5.73 Å². The number of nitrogens with zero attached hydrogens (tertiary/aromatic N) is 2. The van der Waals surface area contributed by atoms with Gasteiger partial charge in [-0.15, -0.1) is 0 Å². The summed E-state index contributed by atoms with van der Waals surface area (Å²) < 4.78 is 56.1. The summed E-state index contributed by atoms with van der Waals surface area (Å²) in [5, 5.41) is 3.34. The van der Waals surface area contributed by atoms with Gasteiger partial charge in [0.1, 0.15) is 11.4 Å². The molecule has 1 aromatic carbocycles. The van der Waals surface area contributed by atoms with E-state index in [1.165, 1.54) is 0 Å². The fourth-order valence-electron chi connectivity index (χ4n) is 1.45. The van der Waals surface area contributed by atoms with Crippen molar-refractivity contribution in [3.8, 4) is 11.4 Å². The van der Waals surface area contributed by atoms with E-state index in [4.69, 9.17) is 5.73 Å². The first kappa shape index (κ1) is 12.5. The molecule has 0 saturated heterocycles. The first-order valence-corrected chi connectivity index (χ1v) is 4.82. The second-order valence-electron chi connectivity index (χ2n) is 3.38. The van der Waals surface area contributed by atoms with Crippen LogP contribution in [0.15, 0.2) is 22.7 Å². The third-order valence-corrected chi connectivity index (χ3v) is 2.18. The highest BCUT2D eigenvalue weighted by molar-refractivity contribution is 5.61. The van der Waals surface area contributed by atoms with Crippen LogP contribution in [0.5, 0.6) is 0 Å². The zero-order chi connectivity index (χ0) is 13.3. The Morgan fingerprint density at radius 1 is 1.28 bits per heavy atom. The molecule has 0 spiro atoms. The summed E-state index contributed by atoms with van der Waals surface area (Å²) >= 11 is 0. The van der Waals surface area contributed by atoms with Crippen LogP contribution < -0.4 is 5.73 Å². The minimum Gasteiger partial charge on any atom is -0.338 e. The van der Waals surface area contributed by atoms with Crippen molar-refractivity contribution in [1.29, 1.82) is 0 Å². The molecule has 0 aliphatic rings. The van der Waals surface area contributed by atoms with Gasteiger partial charge in [-0.2, -0.15) is 18.2 Å². The van der Waals surface area contributed by atoms with E-state index >= 15 is 0 Å². The lowest BCUT2D eigenvalue weighted by Gasteiger charge is -2.10. The van der Waals surface area contributed by atoms with E-state index in [9.17, 15) is 17.6 Å². The Morgan fingerprint density at radius 3 is 2.56 bits per heavy atom. The van der Waals surface area contributed by atoms with Crippen LogP contribution in [0.2, 0.25) is 0 Å². The third kappa shape index (κ3) is 2.19. The first-order chi connectivity index (χ1) is 8.43. The first-order valence-electron chi connectivity index (χ1n) is 4.82. The minimum atomic E-state index is -4.84. The predicted octanol–water partition coefficient (Wildman–Crippen LogP) is 2.35. The molecule has 0 radical (unpaired) electrons. The largest absolute Gasteiger partial charge is 0.419 e. The van der Waals surface area contributed by atoms with Crippen LogP contribution >= 0.6 is 0 Å². The SMILES string of the molecule is NCc1nc(-c2cccc(F)c2C(F)(F)F)no1. The maximum Gasteiger partial charge on any atom is 0.419 e. The molecule has 18 heavy (non-hydrogen) atoms. The summed E-state index contributed by atoms with van der Waals surface area (Å²) in [5.74, 6) is -1.76. The Bertz CT molecular complexity index is 564. The van der Waals surface area contributed by atoms with E-state index in [0.717, 1.165) is 18.2 Å². The number of alkyl halides is 3. The molecule has 1 aromatic heterocycles. The third-order valence-electron chi connectivity index (χ3n) is 2.18. The molecule has 8 heteroatoms. The Labute approximate surface area is 98.4 Å². The summed E-state index contributed by atoms with van der Waals surface area (Å²) in [5.41, 5.74) is 3.30. The van der Waals surface area contributed by atoms with Crippen molar-refractivity contribution >= 4 is 0 Å². The van der Waals surface area contributed by atoms with E-state index in [-0.39, 0.29) is 18.3 Å². The number of halogens is 4. The van der Waals surface area contributed by atoms with Crippen LogP contribution in [0.25, 0.3) is 11.4 Å². The molecule has 0 aliphatic carbocycles. The van der Waals surface area contributed by atoms with Gasteiger partial charge in [0.05, 0.1) is 6.54 Å². The van der Waals surface area contributed by atoms with Gasteiger partial charge in [-0.05, 0) is 6.07 Å². The van der Waals surface area contributed by atoms with Crippen molar-refractivity contribution in [2.45, 2.75) is 12.7 Å². The number of aromatic nitrogens is 2. The van der Waals surface area contributed by atoms with Crippen LogP contribution in [0.1, 0.15) is 11.5 Å². The summed E-state index contributed by atoms with van der Waals surface area (Å²) in [7, 11) is 0. The van der Waals surface area contributed by atoms with Crippen molar-refractivity contribution < 1.29 is 22.1 Å². The zero-order valence-electron chi connectivity index (χ0n) is 8.83. The van der Waals surface area contributed by atoms with Gasteiger partial charge in [-0.1, -0.05) is 17.3 Å². The highest BCUT2D eigenvalue weighted by atomic mass is 19.4. The maximum atomic E-state index is 13.3. The summed E-state index contributed by atoms with van der Waals surface area (Å²) in [6.07, 6.45) is -4.84. The Balaban J connectivity index is 2.60. The lowest BCUT2D eigenvalue weighted by atomic mass is 10.1. The molecular weight excluding hydrogens is 254 g/mol. The molecule has 0 atom stereocenters. The smallest absolute Gasteiger partial charge is 0.338 e. The molecule has 4 nitrogen and oxygen atoms in total. The molecule has 0 saturated carbocycles. The molecule has 1 heterocycles. The highest BCUT2D eigenvalue weighted by Gasteiger charge is 2.38. The number of nitrogens with two attached hydrogens (primary N) is 1. The molecule has 0 amide bonds. The standard InChI is InChI=1S/C10H7F4N3O/c11-6-3-1-2-5(8(6)10(12,13)14)9-16-7(4-15)18-17-9/h1-3H,4,15H2. The maximum absolute atomic E-state index is 13.3. The quantitative estimate of drug-likeness (QED) is 0.843. The van der Waals surface area contributed by atoms with Gasteiger partial charge in [0, 0.05) is 5.56 Å². The van der Waals surface area contributed by atoms with Crippen LogP contribution in [0.4, 0.5) is 17.6 Å². The fraction of sp³-hybridized carbons (Fsp3) is 0.200. The van der Waals surface area contributed by atoms with Gasteiger partial charge in [0.15, 0.2) is 0 Å². The van der Waals surface area contributed by atoms with E-state index in [1.807, 2.05) is 0 Å². The normalized spacial score (nSPS) is 11.8.